The number of nitrogens with zero attached hydrogens (tertiary/aromatic N) is 2. The number of aryl methyl sites for hydroxylation is 1. The van der Waals surface area contributed by atoms with Crippen molar-refractivity contribution in [3.63, 3.8) is 0 Å². The van der Waals surface area contributed by atoms with Gasteiger partial charge in [-0.05, 0) is 36.6 Å². The Hall–Kier alpha value is -2.86. The minimum atomic E-state index is 0.0681. The second-order valence-electron chi connectivity index (χ2n) is 5.12. The van der Waals surface area contributed by atoms with Gasteiger partial charge in [-0.2, -0.15) is 5.26 Å². The molecule has 0 aliphatic carbocycles. The molecule has 0 bridgehead atoms. The molecule has 0 fully saturated rings. The predicted octanol–water partition coefficient (Wildman–Crippen LogP) is 3.70. The van der Waals surface area contributed by atoms with Crippen LogP contribution in [-0.4, -0.2) is 10.4 Å². The van der Waals surface area contributed by atoms with E-state index in [9.17, 15) is 4.79 Å². The summed E-state index contributed by atoms with van der Waals surface area (Å²) < 4.78 is 1.89. The monoisotopic (exact) mass is 274 g/mol. The third-order valence-corrected chi connectivity index (χ3v) is 3.56. The molecule has 3 nitrogen and oxygen atoms in total. The van der Waals surface area contributed by atoms with Crippen LogP contribution in [-0.2, 0) is 6.54 Å². The molecule has 0 spiro atoms. The summed E-state index contributed by atoms with van der Waals surface area (Å²) in [5.74, 6) is 0.0681. The third kappa shape index (κ3) is 2.56. The highest BCUT2D eigenvalue weighted by atomic mass is 16.1. The number of carbonyl (C=O) groups is 1. The first-order chi connectivity index (χ1) is 10.2. The predicted molar refractivity (Wildman–Crippen MR) is 82.2 cm³/mol. The van der Waals surface area contributed by atoms with Gasteiger partial charge in [-0.3, -0.25) is 4.79 Å². The first-order valence-electron chi connectivity index (χ1n) is 6.76. The normalized spacial score (nSPS) is 10.5. The van der Waals surface area contributed by atoms with E-state index in [0.717, 1.165) is 16.5 Å². The van der Waals surface area contributed by atoms with Crippen LogP contribution >= 0.6 is 0 Å². The van der Waals surface area contributed by atoms with E-state index in [4.69, 9.17) is 5.26 Å². The highest BCUT2D eigenvalue weighted by Gasteiger charge is 2.09. The summed E-state index contributed by atoms with van der Waals surface area (Å²) in [6, 6.07) is 17.2. The van der Waals surface area contributed by atoms with Crippen molar-refractivity contribution in [1.82, 2.24) is 4.57 Å². The zero-order valence-electron chi connectivity index (χ0n) is 11.7. The van der Waals surface area contributed by atoms with Gasteiger partial charge >= 0.3 is 0 Å². The number of fused-ring (bicyclic) bond motifs is 1. The second-order valence-corrected chi connectivity index (χ2v) is 5.12. The van der Waals surface area contributed by atoms with E-state index in [1.54, 1.807) is 6.07 Å². The van der Waals surface area contributed by atoms with Gasteiger partial charge < -0.3 is 4.57 Å². The Balaban J connectivity index is 1.95. The van der Waals surface area contributed by atoms with Crippen LogP contribution in [0.1, 0.15) is 21.5 Å². The number of rotatable bonds is 3. The van der Waals surface area contributed by atoms with Crippen LogP contribution in [0.15, 0.2) is 54.7 Å². The molecule has 0 amide bonds. The number of carbonyl (C=O) groups excluding carboxylic acids is 1. The van der Waals surface area contributed by atoms with Crippen molar-refractivity contribution in [2.75, 3.05) is 0 Å². The smallest absolute Gasteiger partial charge is 0.182 e. The fourth-order valence-electron chi connectivity index (χ4n) is 2.46. The summed E-state index contributed by atoms with van der Waals surface area (Å²) in [6.07, 6.45) is 1.89. The Morgan fingerprint density at radius 2 is 2.05 bits per heavy atom. The molecule has 3 rings (SSSR count). The molecule has 2 aromatic carbocycles. The third-order valence-electron chi connectivity index (χ3n) is 3.56. The fourth-order valence-corrected chi connectivity index (χ4v) is 2.46. The number of benzene rings is 2. The highest BCUT2D eigenvalue weighted by molar-refractivity contribution is 5.97. The maximum absolute atomic E-state index is 12.4. The van der Waals surface area contributed by atoms with Crippen LogP contribution in [0, 0.1) is 18.3 Å². The Bertz CT molecular complexity index is 868. The lowest BCUT2D eigenvalue weighted by Gasteiger charge is -2.06. The number of aromatic nitrogens is 1. The van der Waals surface area contributed by atoms with Crippen molar-refractivity contribution in [3.8, 4) is 6.07 Å². The van der Waals surface area contributed by atoms with Gasteiger partial charge in [-0.1, -0.05) is 29.8 Å². The summed E-state index contributed by atoms with van der Waals surface area (Å²) in [4.78, 5) is 12.4. The first kappa shape index (κ1) is 13.1. The number of nitriles is 1. The molecule has 1 aromatic heterocycles. The van der Waals surface area contributed by atoms with E-state index < -0.39 is 0 Å². The fraction of sp³-hybridized carbons (Fsp3) is 0.111. The zero-order chi connectivity index (χ0) is 14.8. The Labute approximate surface area is 123 Å². The van der Waals surface area contributed by atoms with Gasteiger partial charge in [0.25, 0.3) is 0 Å². The average Bonchev–Trinajstić information content (AvgIpc) is 2.89. The van der Waals surface area contributed by atoms with Crippen molar-refractivity contribution in [2.24, 2.45) is 0 Å². The summed E-state index contributed by atoms with van der Waals surface area (Å²) in [6.45, 7) is 2.25. The number of hydrogen-bond acceptors (Lipinski definition) is 2. The van der Waals surface area contributed by atoms with Gasteiger partial charge in [0.15, 0.2) is 5.78 Å². The molecule has 0 atom stereocenters. The van der Waals surface area contributed by atoms with E-state index in [0.29, 0.717) is 11.1 Å². The van der Waals surface area contributed by atoms with Gasteiger partial charge in [0.2, 0.25) is 0 Å². The molecule has 0 aliphatic heterocycles. The molecule has 3 heteroatoms. The van der Waals surface area contributed by atoms with Crippen LogP contribution in [0.25, 0.3) is 10.9 Å². The van der Waals surface area contributed by atoms with Crippen molar-refractivity contribution >= 4 is 16.7 Å². The Morgan fingerprint density at radius 1 is 1.19 bits per heavy atom. The molecule has 0 unspecified atom stereocenters. The van der Waals surface area contributed by atoms with Gasteiger partial charge in [0, 0.05) is 17.3 Å². The lowest BCUT2D eigenvalue weighted by Crippen LogP contribution is -2.09. The molecule has 1 heterocycles. The van der Waals surface area contributed by atoms with E-state index in [1.165, 1.54) is 0 Å². The van der Waals surface area contributed by atoms with Crippen LogP contribution < -0.4 is 0 Å². The summed E-state index contributed by atoms with van der Waals surface area (Å²) >= 11 is 0. The quantitative estimate of drug-likeness (QED) is 0.683. The summed E-state index contributed by atoms with van der Waals surface area (Å²) in [5, 5.41) is 10.0. The highest BCUT2D eigenvalue weighted by Crippen LogP contribution is 2.18. The molecule has 3 aromatic rings. The van der Waals surface area contributed by atoms with E-state index in [2.05, 4.69) is 6.07 Å². The summed E-state index contributed by atoms with van der Waals surface area (Å²) in [5.41, 5.74) is 3.30. The molecule has 0 radical (unpaired) electrons. The SMILES string of the molecule is Cc1cccc(C(=O)Cn2ccc3ccc(C#N)cc32)c1. The molecule has 0 saturated heterocycles. The minimum absolute atomic E-state index is 0.0681. The topological polar surface area (TPSA) is 45.8 Å². The first-order valence-corrected chi connectivity index (χ1v) is 6.76. The van der Waals surface area contributed by atoms with E-state index >= 15 is 0 Å². The lowest BCUT2D eigenvalue weighted by molar-refractivity contribution is 0.0973. The number of Topliss-reactive ketones (excluding diaryl/α,β-unsaturated/α-hetero) is 1. The van der Waals surface area contributed by atoms with Crippen molar-refractivity contribution < 1.29 is 4.79 Å². The molecule has 102 valence electrons. The van der Waals surface area contributed by atoms with Crippen LogP contribution in [0.2, 0.25) is 0 Å². The number of hydrogen-bond donors (Lipinski definition) is 0. The Kier molecular flexibility index (Phi) is 3.29. The van der Waals surface area contributed by atoms with Gasteiger partial charge in [0.1, 0.15) is 0 Å². The molecule has 21 heavy (non-hydrogen) atoms. The van der Waals surface area contributed by atoms with Crippen LogP contribution in [0.3, 0.4) is 0 Å². The van der Waals surface area contributed by atoms with Crippen molar-refractivity contribution in [3.05, 3.63) is 71.4 Å². The van der Waals surface area contributed by atoms with Gasteiger partial charge in [-0.15, -0.1) is 0 Å². The Morgan fingerprint density at radius 3 is 2.81 bits per heavy atom. The molecule has 0 aliphatic rings. The van der Waals surface area contributed by atoms with Crippen molar-refractivity contribution in [1.29, 1.82) is 5.26 Å². The minimum Gasteiger partial charge on any atom is -0.340 e. The lowest BCUT2D eigenvalue weighted by atomic mass is 10.1. The van der Waals surface area contributed by atoms with Crippen LogP contribution in [0.4, 0.5) is 0 Å². The molecular weight excluding hydrogens is 260 g/mol. The zero-order valence-corrected chi connectivity index (χ0v) is 11.7. The summed E-state index contributed by atoms with van der Waals surface area (Å²) in [7, 11) is 0. The number of ketones is 1. The second kappa shape index (κ2) is 5.26. The van der Waals surface area contributed by atoms with Crippen LogP contribution in [0.5, 0.6) is 0 Å². The molecule has 0 saturated carbocycles. The van der Waals surface area contributed by atoms with E-state index in [-0.39, 0.29) is 12.3 Å². The maximum atomic E-state index is 12.4. The van der Waals surface area contributed by atoms with E-state index in [1.807, 2.05) is 60.2 Å². The maximum Gasteiger partial charge on any atom is 0.182 e. The average molecular weight is 274 g/mol. The van der Waals surface area contributed by atoms with Gasteiger partial charge in [0.05, 0.1) is 18.2 Å². The molecule has 0 N–H and O–H groups in total. The standard InChI is InChI=1S/C18H14N2O/c1-13-3-2-4-16(9-13)18(21)12-20-8-7-15-6-5-14(11-19)10-17(15)20/h2-10H,12H2,1H3. The van der Waals surface area contributed by atoms with Gasteiger partial charge in [-0.25, -0.2) is 0 Å². The largest absolute Gasteiger partial charge is 0.340 e. The molecular formula is C18H14N2O. The van der Waals surface area contributed by atoms with Crippen molar-refractivity contribution in [2.45, 2.75) is 13.5 Å².